The van der Waals surface area contributed by atoms with Crippen LogP contribution in [-0.4, -0.2) is 9.97 Å². The SMILES string of the molecule is CCCCc1cc2c3nc4c5ccccc5c5ccccc5c4nc3c3cccc(CCCC)c3c2c(CCCC)c1CCCC. The molecular formula is C44H48N2. The average molecular weight is 605 g/mol. The van der Waals surface area contributed by atoms with Gasteiger partial charge in [-0.05, 0) is 101 Å². The number of nitrogens with zero attached hydrogens (tertiary/aromatic N) is 2. The Balaban J connectivity index is 1.73. The van der Waals surface area contributed by atoms with Gasteiger partial charge in [0.2, 0.25) is 0 Å². The topological polar surface area (TPSA) is 25.8 Å². The van der Waals surface area contributed by atoms with Crippen LogP contribution in [0, 0.1) is 0 Å². The summed E-state index contributed by atoms with van der Waals surface area (Å²) >= 11 is 0. The highest BCUT2D eigenvalue weighted by Crippen LogP contribution is 2.43. The summed E-state index contributed by atoms with van der Waals surface area (Å²) in [5.41, 5.74) is 10.4. The minimum atomic E-state index is 1.01. The number of unbranched alkanes of at least 4 members (excludes halogenated alkanes) is 4. The molecule has 0 bridgehead atoms. The molecule has 46 heavy (non-hydrogen) atoms. The van der Waals surface area contributed by atoms with Crippen molar-refractivity contribution in [1.82, 2.24) is 9.97 Å². The van der Waals surface area contributed by atoms with E-state index in [1.807, 2.05) is 0 Å². The molecule has 7 aromatic rings. The minimum absolute atomic E-state index is 1.01. The van der Waals surface area contributed by atoms with E-state index < -0.39 is 0 Å². The lowest BCUT2D eigenvalue weighted by Crippen LogP contribution is -2.05. The Kier molecular flexibility index (Phi) is 8.89. The highest BCUT2D eigenvalue weighted by atomic mass is 14.8. The predicted octanol–water partition coefficient (Wildman–Crippen LogP) is 12.8. The Hall–Kier alpha value is -4.04. The lowest BCUT2D eigenvalue weighted by atomic mass is 9.83. The Morgan fingerprint density at radius 3 is 1.43 bits per heavy atom. The number of aryl methyl sites for hydroxylation is 3. The van der Waals surface area contributed by atoms with E-state index in [2.05, 4.69) is 100 Å². The monoisotopic (exact) mass is 604 g/mol. The quantitative estimate of drug-likeness (QED) is 0.102. The van der Waals surface area contributed by atoms with Gasteiger partial charge in [-0.15, -0.1) is 0 Å². The first kappa shape index (κ1) is 30.6. The van der Waals surface area contributed by atoms with Gasteiger partial charge in [0.15, 0.2) is 0 Å². The maximum Gasteiger partial charge on any atom is 0.0980 e. The van der Waals surface area contributed by atoms with Crippen molar-refractivity contribution < 1.29 is 0 Å². The summed E-state index contributed by atoms with van der Waals surface area (Å²) in [4.78, 5) is 11.3. The third-order valence-corrected chi connectivity index (χ3v) is 10.3. The first-order valence-electron chi connectivity index (χ1n) is 18.1. The molecule has 0 atom stereocenters. The largest absolute Gasteiger partial charge is 0.243 e. The third kappa shape index (κ3) is 5.20. The smallest absolute Gasteiger partial charge is 0.0980 e. The number of aromatic nitrogens is 2. The number of fused-ring (bicyclic) bond motifs is 12. The number of hydrogen-bond donors (Lipinski definition) is 0. The Morgan fingerprint density at radius 2 is 0.848 bits per heavy atom. The van der Waals surface area contributed by atoms with Crippen LogP contribution in [-0.2, 0) is 25.7 Å². The molecule has 0 aliphatic rings. The van der Waals surface area contributed by atoms with Crippen molar-refractivity contribution in [3.63, 3.8) is 0 Å². The summed E-state index contributed by atoms with van der Waals surface area (Å²) in [7, 11) is 0. The molecule has 7 rings (SSSR count). The number of rotatable bonds is 12. The van der Waals surface area contributed by atoms with Crippen LogP contribution < -0.4 is 0 Å². The van der Waals surface area contributed by atoms with Crippen LogP contribution in [0.2, 0.25) is 0 Å². The van der Waals surface area contributed by atoms with Crippen LogP contribution in [0.3, 0.4) is 0 Å². The molecule has 2 heteroatoms. The van der Waals surface area contributed by atoms with Gasteiger partial charge in [-0.2, -0.15) is 0 Å². The fourth-order valence-electron chi connectivity index (χ4n) is 7.90. The van der Waals surface area contributed by atoms with Gasteiger partial charge >= 0.3 is 0 Å². The van der Waals surface area contributed by atoms with Crippen molar-refractivity contribution in [3.8, 4) is 0 Å². The summed E-state index contributed by atoms with van der Waals surface area (Å²) < 4.78 is 0. The minimum Gasteiger partial charge on any atom is -0.243 e. The highest BCUT2D eigenvalue weighted by Gasteiger charge is 2.22. The molecule has 6 aromatic carbocycles. The summed E-state index contributed by atoms with van der Waals surface area (Å²) in [5.74, 6) is 0. The molecule has 0 radical (unpaired) electrons. The first-order valence-corrected chi connectivity index (χ1v) is 18.1. The molecule has 234 valence electrons. The van der Waals surface area contributed by atoms with E-state index in [4.69, 9.17) is 9.97 Å². The van der Waals surface area contributed by atoms with Crippen molar-refractivity contribution >= 4 is 65.2 Å². The van der Waals surface area contributed by atoms with Crippen LogP contribution in [0.15, 0.2) is 72.8 Å². The van der Waals surface area contributed by atoms with Gasteiger partial charge in [0.1, 0.15) is 0 Å². The Morgan fingerprint density at radius 1 is 0.391 bits per heavy atom. The standard InChI is InChI=1S/C44H48N2/c1-5-9-18-29-20-17-27-37-39(29)40-34(22-12-8-4)31(21-11-7-3)30(19-10-6-2)28-38(40)44-43(37)45-41-35-25-15-13-23-32(35)33-24-14-16-26-36(33)42(41)46-44/h13-17,20,23-28H,5-12,18-19,21-22H2,1-4H3. The maximum absolute atomic E-state index is 5.70. The van der Waals surface area contributed by atoms with E-state index in [0.717, 1.165) is 41.3 Å². The molecule has 0 N–H and O–H groups in total. The zero-order valence-corrected chi connectivity index (χ0v) is 28.3. The highest BCUT2D eigenvalue weighted by molar-refractivity contribution is 6.29. The van der Waals surface area contributed by atoms with E-state index in [9.17, 15) is 0 Å². The second kappa shape index (κ2) is 13.4. The molecule has 0 saturated carbocycles. The zero-order valence-electron chi connectivity index (χ0n) is 28.3. The van der Waals surface area contributed by atoms with E-state index in [1.54, 1.807) is 16.7 Å². The molecule has 0 saturated heterocycles. The zero-order chi connectivity index (χ0) is 31.6. The van der Waals surface area contributed by atoms with Crippen molar-refractivity contribution in [2.24, 2.45) is 0 Å². The van der Waals surface area contributed by atoms with E-state index >= 15 is 0 Å². The summed E-state index contributed by atoms with van der Waals surface area (Å²) in [6.45, 7) is 9.29. The fraction of sp³-hybridized carbons (Fsp3) is 0.364. The van der Waals surface area contributed by atoms with Crippen molar-refractivity contribution in [3.05, 3.63) is 95.1 Å². The molecule has 0 amide bonds. The van der Waals surface area contributed by atoms with Gasteiger partial charge in [0.25, 0.3) is 0 Å². The van der Waals surface area contributed by atoms with Crippen molar-refractivity contribution in [1.29, 1.82) is 0 Å². The summed E-state index contributed by atoms with van der Waals surface area (Å²) in [5, 5.41) is 10.3. The molecule has 0 aliphatic carbocycles. The molecule has 0 unspecified atom stereocenters. The Labute approximate surface area is 274 Å². The molecular weight excluding hydrogens is 556 g/mol. The van der Waals surface area contributed by atoms with Gasteiger partial charge in [0.05, 0.1) is 22.1 Å². The second-order valence-corrected chi connectivity index (χ2v) is 13.4. The molecule has 0 spiro atoms. The van der Waals surface area contributed by atoms with Crippen LogP contribution in [0.5, 0.6) is 0 Å². The molecule has 1 aromatic heterocycles. The molecule has 1 heterocycles. The van der Waals surface area contributed by atoms with Gasteiger partial charge in [-0.1, -0.05) is 120 Å². The van der Waals surface area contributed by atoms with Crippen molar-refractivity contribution in [2.45, 2.75) is 105 Å². The van der Waals surface area contributed by atoms with E-state index in [-0.39, 0.29) is 0 Å². The molecule has 2 nitrogen and oxygen atoms in total. The van der Waals surface area contributed by atoms with E-state index in [0.29, 0.717) is 0 Å². The van der Waals surface area contributed by atoms with E-state index in [1.165, 1.54) is 106 Å². The van der Waals surface area contributed by atoms with Crippen LogP contribution in [0.4, 0.5) is 0 Å². The summed E-state index contributed by atoms with van der Waals surface area (Å²) in [6, 6.07) is 27.1. The second-order valence-electron chi connectivity index (χ2n) is 13.4. The number of benzene rings is 6. The van der Waals surface area contributed by atoms with Gasteiger partial charge in [-0.3, -0.25) is 0 Å². The summed E-state index contributed by atoms with van der Waals surface area (Å²) in [6.07, 6.45) is 14.2. The fourth-order valence-corrected chi connectivity index (χ4v) is 7.90. The van der Waals surface area contributed by atoms with Crippen LogP contribution in [0.1, 0.15) is 101 Å². The maximum atomic E-state index is 5.70. The molecule has 0 fully saturated rings. The van der Waals surface area contributed by atoms with Crippen molar-refractivity contribution in [2.75, 3.05) is 0 Å². The van der Waals surface area contributed by atoms with Gasteiger partial charge in [0, 0.05) is 21.5 Å². The predicted molar refractivity (Wildman–Crippen MR) is 202 cm³/mol. The normalized spacial score (nSPS) is 12.1. The van der Waals surface area contributed by atoms with Gasteiger partial charge < -0.3 is 0 Å². The lowest BCUT2D eigenvalue weighted by Gasteiger charge is -2.22. The lowest BCUT2D eigenvalue weighted by molar-refractivity contribution is 0.739. The van der Waals surface area contributed by atoms with Crippen LogP contribution in [0.25, 0.3) is 65.2 Å². The van der Waals surface area contributed by atoms with Crippen LogP contribution >= 0.6 is 0 Å². The average Bonchev–Trinajstić information content (AvgIpc) is 3.10. The number of hydrogen-bond acceptors (Lipinski definition) is 2. The first-order chi connectivity index (χ1) is 22.7. The third-order valence-electron chi connectivity index (χ3n) is 10.3. The van der Waals surface area contributed by atoms with Gasteiger partial charge in [-0.25, -0.2) is 9.97 Å². The molecule has 0 aliphatic heterocycles. The Bertz CT molecular complexity index is 2210.